The lowest BCUT2D eigenvalue weighted by Crippen LogP contribution is -2.30. The summed E-state index contributed by atoms with van der Waals surface area (Å²) in [6.45, 7) is 3.72. The molecule has 1 saturated carbocycles. The van der Waals surface area contributed by atoms with Crippen LogP contribution in [0.3, 0.4) is 0 Å². The number of benzene rings is 10. The normalized spacial score (nSPS) is 13.7. The summed E-state index contributed by atoms with van der Waals surface area (Å²) in [7, 11) is -2.45. The molecular weight excluding hydrogens is 870 g/mol. The van der Waals surface area contributed by atoms with Gasteiger partial charge < -0.3 is 4.57 Å². The molecule has 1 fully saturated rings. The predicted octanol–water partition coefficient (Wildman–Crippen LogP) is 16.8. The summed E-state index contributed by atoms with van der Waals surface area (Å²) in [5.41, 5.74) is 12.4. The molecule has 10 aromatic carbocycles. The van der Waals surface area contributed by atoms with E-state index in [2.05, 4.69) is 212 Å². The fourth-order valence-electron chi connectivity index (χ4n) is 11.3. The first kappa shape index (κ1) is 43.5. The average Bonchev–Trinajstić information content (AvgIpc) is 3.42. The van der Waals surface area contributed by atoms with Crippen LogP contribution in [0.1, 0.15) is 43.2 Å². The van der Waals surface area contributed by atoms with E-state index in [9.17, 15) is 4.57 Å². The molecule has 0 unspecified atom stereocenters. The Kier molecular flexibility index (Phi) is 11.2. The van der Waals surface area contributed by atoms with Crippen LogP contribution in [-0.2, 0) is 9.98 Å². The average molecular weight is 922 g/mol. The molecule has 1 aliphatic rings. The van der Waals surface area contributed by atoms with Gasteiger partial charge in [0, 0.05) is 27.4 Å². The van der Waals surface area contributed by atoms with Crippen molar-refractivity contribution in [1.82, 2.24) is 15.0 Å². The number of hydrogen-bond acceptors (Lipinski definition) is 4. The SMILES string of the molecule is CP(C)(=O)c1ccc(-c2ccc(C3(c4ccc(-c5nc(-c6cccc(-c7ccccc7)c6)nc(-c6c7ccccc7c(-c7ccccc7)c7ccccc67)n5)cc4)CCCCC3)cc2)c2ccccc12. The third-order valence-electron chi connectivity index (χ3n) is 14.7. The molecule has 0 aliphatic heterocycles. The summed E-state index contributed by atoms with van der Waals surface area (Å²) in [5, 5.41) is 7.65. The van der Waals surface area contributed by atoms with Gasteiger partial charge in [-0.25, -0.2) is 15.0 Å². The van der Waals surface area contributed by atoms with Gasteiger partial charge in [0.15, 0.2) is 17.5 Å². The zero-order chi connectivity index (χ0) is 47.2. The third kappa shape index (κ3) is 7.83. The van der Waals surface area contributed by atoms with Crippen LogP contribution in [0.2, 0.25) is 0 Å². The molecule has 12 rings (SSSR count). The van der Waals surface area contributed by atoms with Crippen LogP contribution in [-0.4, -0.2) is 28.3 Å². The van der Waals surface area contributed by atoms with Gasteiger partial charge in [-0.3, -0.25) is 0 Å². The van der Waals surface area contributed by atoms with Gasteiger partial charge in [0.2, 0.25) is 0 Å². The van der Waals surface area contributed by atoms with Gasteiger partial charge in [0.1, 0.15) is 7.14 Å². The molecule has 5 heteroatoms. The van der Waals surface area contributed by atoms with Gasteiger partial charge in [0.25, 0.3) is 0 Å². The minimum Gasteiger partial charge on any atom is -0.319 e. The molecule has 0 amide bonds. The van der Waals surface area contributed by atoms with Crippen molar-refractivity contribution in [2.75, 3.05) is 13.3 Å². The minimum absolute atomic E-state index is 0.121. The summed E-state index contributed by atoms with van der Waals surface area (Å²) in [6.07, 6.45) is 5.77. The molecule has 338 valence electrons. The van der Waals surface area contributed by atoms with Crippen LogP contribution in [0.5, 0.6) is 0 Å². The zero-order valence-electron chi connectivity index (χ0n) is 39.5. The summed E-state index contributed by atoms with van der Waals surface area (Å²) in [5.74, 6) is 1.91. The smallest absolute Gasteiger partial charge is 0.165 e. The van der Waals surface area contributed by atoms with E-state index in [0.717, 1.165) is 83.8 Å². The largest absolute Gasteiger partial charge is 0.319 e. The summed E-state index contributed by atoms with van der Waals surface area (Å²) < 4.78 is 13.3. The van der Waals surface area contributed by atoms with E-state index >= 15 is 0 Å². The molecule has 0 bridgehead atoms. The monoisotopic (exact) mass is 921 g/mol. The van der Waals surface area contributed by atoms with Gasteiger partial charge >= 0.3 is 0 Å². The highest BCUT2D eigenvalue weighted by atomic mass is 31.2. The fourth-order valence-corrected chi connectivity index (χ4v) is 12.5. The first-order valence-corrected chi connectivity index (χ1v) is 27.1. The van der Waals surface area contributed by atoms with Crippen LogP contribution in [0, 0.1) is 0 Å². The Bertz CT molecular complexity index is 3720. The summed E-state index contributed by atoms with van der Waals surface area (Å²) >= 11 is 0. The Morgan fingerprint density at radius 1 is 0.357 bits per heavy atom. The number of fused-ring (bicyclic) bond motifs is 3. The van der Waals surface area contributed by atoms with Crippen LogP contribution >= 0.6 is 7.14 Å². The van der Waals surface area contributed by atoms with Crippen LogP contribution in [0.15, 0.2) is 218 Å². The van der Waals surface area contributed by atoms with Crippen molar-refractivity contribution in [2.24, 2.45) is 0 Å². The maximum atomic E-state index is 13.3. The van der Waals surface area contributed by atoms with Crippen LogP contribution in [0.25, 0.3) is 99.9 Å². The van der Waals surface area contributed by atoms with Gasteiger partial charge in [-0.1, -0.05) is 232 Å². The summed E-state index contributed by atoms with van der Waals surface area (Å²) in [6, 6.07) is 78.1. The van der Waals surface area contributed by atoms with Crippen molar-refractivity contribution in [3.63, 3.8) is 0 Å². The molecule has 11 aromatic rings. The molecule has 1 aromatic heterocycles. The van der Waals surface area contributed by atoms with Gasteiger partial charge in [-0.2, -0.15) is 0 Å². The summed E-state index contributed by atoms with van der Waals surface area (Å²) in [4.78, 5) is 16.2. The van der Waals surface area contributed by atoms with E-state index in [1.54, 1.807) is 0 Å². The molecule has 0 spiro atoms. The fraction of sp³-hybridized carbons (Fsp3) is 0.123. The number of aromatic nitrogens is 3. The third-order valence-corrected chi connectivity index (χ3v) is 16.3. The van der Waals surface area contributed by atoms with E-state index < -0.39 is 7.14 Å². The lowest BCUT2D eigenvalue weighted by molar-refractivity contribution is 0.346. The second kappa shape index (κ2) is 17.9. The van der Waals surface area contributed by atoms with Crippen molar-refractivity contribution in [1.29, 1.82) is 0 Å². The molecular formula is C65H52N3OP. The van der Waals surface area contributed by atoms with Crippen LogP contribution < -0.4 is 5.30 Å². The topological polar surface area (TPSA) is 55.7 Å². The maximum absolute atomic E-state index is 13.3. The Hall–Kier alpha value is -7.78. The van der Waals surface area contributed by atoms with E-state index in [1.165, 1.54) is 47.1 Å². The van der Waals surface area contributed by atoms with E-state index in [-0.39, 0.29) is 5.41 Å². The molecule has 4 nitrogen and oxygen atoms in total. The van der Waals surface area contributed by atoms with Crippen molar-refractivity contribution in [3.05, 3.63) is 230 Å². The first-order chi connectivity index (χ1) is 34.3. The van der Waals surface area contributed by atoms with Crippen molar-refractivity contribution >= 4 is 44.8 Å². The standard InChI is InChI=1S/C65H52N3OP/c1-70(2,69)59-40-39-52(53-25-10-11-26-54(53)59)45-31-35-50(36-32-45)65(41-16-5-17-42-65)51-37-33-47(34-38-51)62-66-63(49-24-18-23-48(43-49)44-19-6-3-7-20-44)68-64(67-62)61-57-29-14-12-27-55(57)60(46-21-8-4-9-22-46)56-28-13-15-30-58(56)61/h3-4,6-15,18-40,43H,5,16-17,41-42H2,1-2H3. The molecule has 0 N–H and O–H groups in total. The number of rotatable bonds is 9. The highest BCUT2D eigenvalue weighted by molar-refractivity contribution is 7.70. The molecule has 1 aliphatic carbocycles. The lowest BCUT2D eigenvalue weighted by atomic mass is 9.65. The first-order valence-electron chi connectivity index (χ1n) is 24.5. The van der Waals surface area contributed by atoms with Crippen LogP contribution in [0.4, 0.5) is 0 Å². The Morgan fingerprint density at radius 3 is 1.40 bits per heavy atom. The maximum Gasteiger partial charge on any atom is 0.165 e. The van der Waals surface area contributed by atoms with Gasteiger partial charge in [-0.15, -0.1) is 0 Å². The quantitative estimate of drug-likeness (QED) is 0.107. The Morgan fingerprint density at radius 2 is 0.814 bits per heavy atom. The lowest BCUT2D eigenvalue weighted by Gasteiger charge is -2.39. The van der Waals surface area contributed by atoms with Crippen molar-refractivity contribution < 1.29 is 4.57 Å². The molecule has 0 radical (unpaired) electrons. The highest BCUT2D eigenvalue weighted by Gasteiger charge is 2.36. The van der Waals surface area contributed by atoms with Gasteiger partial charge in [0.05, 0.1) is 0 Å². The van der Waals surface area contributed by atoms with E-state index in [1.807, 2.05) is 19.4 Å². The molecule has 70 heavy (non-hydrogen) atoms. The predicted molar refractivity (Wildman–Crippen MR) is 294 cm³/mol. The molecule has 0 atom stereocenters. The number of nitrogens with zero attached hydrogens (tertiary/aromatic N) is 3. The zero-order valence-corrected chi connectivity index (χ0v) is 40.4. The van der Waals surface area contributed by atoms with Crippen molar-refractivity contribution in [2.45, 2.75) is 37.5 Å². The Balaban J connectivity index is 0.986. The van der Waals surface area contributed by atoms with Gasteiger partial charge in [-0.05, 0) is 109 Å². The second-order valence-electron chi connectivity index (χ2n) is 19.3. The number of hydrogen-bond donors (Lipinski definition) is 0. The Labute approximate surface area is 410 Å². The van der Waals surface area contributed by atoms with Crippen molar-refractivity contribution in [3.8, 4) is 67.5 Å². The second-order valence-corrected chi connectivity index (χ2v) is 22.5. The molecule has 1 heterocycles. The van der Waals surface area contributed by atoms with E-state index in [4.69, 9.17) is 15.0 Å². The van der Waals surface area contributed by atoms with E-state index in [0.29, 0.717) is 17.5 Å². The highest BCUT2D eigenvalue weighted by Crippen LogP contribution is 2.47. The minimum atomic E-state index is -2.45. The molecule has 0 saturated heterocycles.